The number of benzene rings is 2. The Bertz CT molecular complexity index is 744. The highest BCUT2D eigenvalue weighted by molar-refractivity contribution is 5.86. The Labute approximate surface area is 152 Å². The number of hydrogen-bond acceptors (Lipinski definition) is 6. The molecule has 0 spiro atoms. The van der Waals surface area contributed by atoms with Gasteiger partial charge in [0.1, 0.15) is 23.0 Å². The molecule has 0 atom stereocenters. The van der Waals surface area contributed by atoms with Crippen LogP contribution in [0.3, 0.4) is 0 Å². The van der Waals surface area contributed by atoms with Crippen molar-refractivity contribution in [2.45, 2.75) is 6.92 Å². The number of methoxy groups -OCH3 is 2. The predicted molar refractivity (Wildman–Crippen MR) is 98.4 cm³/mol. The van der Waals surface area contributed by atoms with Gasteiger partial charge >= 0.3 is 0 Å². The van der Waals surface area contributed by atoms with Gasteiger partial charge in [-0.25, -0.2) is 5.43 Å². The average molecular weight is 358 g/mol. The lowest BCUT2D eigenvalue weighted by Gasteiger charge is -2.09. The fourth-order valence-corrected chi connectivity index (χ4v) is 2.07. The van der Waals surface area contributed by atoms with E-state index in [1.165, 1.54) is 6.21 Å². The Morgan fingerprint density at radius 2 is 1.65 bits per heavy atom. The first-order valence-electron chi connectivity index (χ1n) is 8.06. The topological polar surface area (TPSA) is 78.4 Å². The number of hydrazone groups is 1. The highest BCUT2D eigenvalue weighted by Gasteiger charge is 2.05. The van der Waals surface area contributed by atoms with E-state index in [4.69, 9.17) is 18.9 Å². The smallest absolute Gasteiger partial charge is 0.277 e. The zero-order valence-corrected chi connectivity index (χ0v) is 15.0. The van der Waals surface area contributed by atoms with Crippen LogP contribution in [0.25, 0.3) is 0 Å². The Balaban J connectivity index is 1.89. The van der Waals surface area contributed by atoms with Gasteiger partial charge in [0.25, 0.3) is 5.91 Å². The van der Waals surface area contributed by atoms with Crippen molar-refractivity contribution in [2.24, 2.45) is 5.10 Å². The van der Waals surface area contributed by atoms with Crippen molar-refractivity contribution in [3.8, 4) is 23.0 Å². The van der Waals surface area contributed by atoms with Gasteiger partial charge < -0.3 is 18.9 Å². The molecule has 0 saturated carbocycles. The van der Waals surface area contributed by atoms with Crippen LogP contribution < -0.4 is 24.4 Å². The summed E-state index contributed by atoms with van der Waals surface area (Å²) in [6, 6.07) is 12.3. The van der Waals surface area contributed by atoms with Crippen molar-refractivity contribution >= 4 is 12.1 Å². The number of carbonyl (C=O) groups is 1. The van der Waals surface area contributed by atoms with Gasteiger partial charge in [0, 0.05) is 5.56 Å². The van der Waals surface area contributed by atoms with Crippen LogP contribution in [0.1, 0.15) is 12.5 Å². The summed E-state index contributed by atoms with van der Waals surface area (Å²) in [5.41, 5.74) is 3.11. The van der Waals surface area contributed by atoms with Crippen LogP contribution >= 0.6 is 0 Å². The summed E-state index contributed by atoms with van der Waals surface area (Å²) in [6.45, 7) is 2.26. The summed E-state index contributed by atoms with van der Waals surface area (Å²) in [5.74, 6) is 2.23. The second-order valence-electron chi connectivity index (χ2n) is 5.09. The van der Waals surface area contributed by atoms with Crippen LogP contribution in [0.4, 0.5) is 0 Å². The summed E-state index contributed by atoms with van der Waals surface area (Å²) in [7, 11) is 3.16. The molecule has 138 valence electrons. The normalized spacial score (nSPS) is 10.4. The van der Waals surface area contributed by atoms with Crippen molar-refractivity contribution in [1.29, 1.82) is 0 Å². The molecular weight excluding hydrogens is 336 g/mol. The molecule has 7 heteroatoms. The van der Waals surface area contributed by atoms with Gasteiger partial charge in [0.2, 0.25) is 0 Å². The van der Waals surface area contributed by atoms with E-state index in [0.717, 1.165) is 5.75 Å². The molecule has 2 rings (SSSR count). The third-order valence-electron chi connectivity index (χ3n) is 3.34. The fourth-order valence-electron chi connectivity index (χ4n) is 2.07. The molecule has 0 fully saturated rings. The Hall–Kier alpha value is -3.22. The van der Waals surface area contributed by atoms with Gasteiger partial charge in [0.05, 0.1) is 27.0 Å². The molecule has 0 aromatic heterocycles. The van der Waals surface area contributed by atoms with Crippen molar-refractivity contribution in [3.63, 3.8) is 0 Å². The number of carbonyl (C=O) groups excluding carboxylic acids is 1. The minimum absolute atomic E-state index is 0.153. The first-order chi connectivity index (χ1) is 12.7. The van der Waals surface area contributed by atoms with Gasteiger partial charge in [-0.1, -0.05) is 0 Å². The highest BCUT2D eigenvalue weighted by Crippen LogP contribution is 2.22. The van der Waals surface area contributed by atoms with Crippen molar-refractivity contribution < 1.29 is 23.7 Å². The molecule has 26 heavy (non-hydrogen) atoms. The molecule has 1 N–H and O–H groups in total. The first kappa shape index (κ1) is 19.1. The summed E-state index contributed by atoms with van der Waals surface area (Å²) >= 11 is 0. The van der Waals surface area contributed by atoms with E-state index >= 15 is 0 Å². The Morgan fingerprint density at radius 1 is 1.00 bits per heavy atom. The molecule has 7 nitrogen and oxygen atoms in total. The highest BCUT2D eigenvalue weighted by atomic mass is 16.5. The Kier molecular flexibility index (Phi) is 7.30. The number of hydrogen-bond donors (Lipinski definition) is 1. The maximum atomic E-state index is 11.8. The molecule has 0 saturated heterocycles. The lowest BCUT2D eigenvalue weighted by molar-refractivity contribution is -0.123. The van der Waals surface area contributed by atoms with Gasteiger partial charge in [-0.15, -0.1) is 0 Å². The molecule has 0 aliphatic carbocycles. The molecular formula is C19H22N2O5. The van der Waals surface area contributed by atoms with E-state index < -0.39 is 0 Å². The predicted octanol–water partition coefficient (Wildman–Crippen LogP) is 2.63. The average Bonchev–Trinajstić information content (AvgIpc) is 2.68. The van der Waals surface area contributed by atoms with E-state index in [0.29, 0.717) is 29.4 Å². The molecule has 0 heterocycles. The lowest BCUT2D eigenvalue weighted by atomic mass is 10.2. The van der Waals surface area contributed by atoms with Crippen LogP contribution in [-0.4, -0.2) is 39.6 Å². The van der Waals surface area contributed by atoms with E-state index in [1.54, 1.807) is 56.7 Å². The van der Waals surface area contributed by atoms with Crippen LogP contribution in [-0.2, 0) is 4.79 Å². The van der Waals surface area contributed by atoms with Crippen LogP contribution in [0, 0.1) is 0 Å². The van der Waals surface area contributed by atoms with Crippen LogP contribution in [0.2, 0.25) is 0 Å². The number of amides is 1. The molecule has 2 aromatic rings. The molecule has 1 amide bonds. The maximum Gasteiger partial charge on any atom is 0.277 e. The molecule has 0 aliphatic rings. The quantitative estimate of drug-likeness (QED) is 0.551. The van der Waals surface area contributed by atoms with Gasteiger partial charge in [0.15, 0.2) is 6.61 Å². The number of nitrogens with zero attached hydrogens (tertiary/aromatic N) is 1. The third-order valence-corrected chi connectivity index (χ3v) is 3.34. The second-order valence-corrected chi connectivity index (χ2v) is 5.09. The zero-order valence-electron chi connectivity index (χ0n) is 15.0. The SMILES string of the molecule is CCOc1ccc(OC)cc1/C=N/NC(=O)COc1ccc(OC)cc1. The Morgan fingerprint density at radius 3 is 2.31 bits per heavy atom. The number of rotatable bonds is 9. The molecule has 0 bridgehead atoms. The largest absolute Gasteiger partial charge is 0.497 e. The van der Waals surface area contributed by atoms with Crippen molar-refractivity contribution in [1.82, 2.24) is 5.43 Å². The number of nitrogens with one attached hydrogen (secondary N) is 1. The minimum atomic E-state index is -0.377. The standard InChI is InChI=1S/C19H22N2O5/c1-4-25-18-10-9-17(24-3)11-14(18)12-20-21-19(22)13-26-16-7-5-15(23-2)6-8-16/h5-12H,4,13H2,1-3H3,(H,21,22)/b20-12+. The fraction of sp³-hybridized carbons (Fsp3) is 0.263. The molecule has 0 unspecified atom stereocenters. The van der Waals surface area contributed by atoms with E-state index in [2.05, 4.69) is 10.5 Å². The molecule has 0 aliphatic heterocycles. The molecule has 2 aromatic carbocycles. The lowest BCUT2D eigenvalue weighted by Crippen LogP contribution is -2.24. The maximum absolute atomic E-state index is 11.8. The summed E-state index contributed by atoms with van der Waals surface area (Å²) < 4.78 is 21.2. The van der Waals surface area contributed by atoms with Crippen LogP contribution in [0.5, 0.6) is 23.0 Å². The number of ether oxygens (including phenoxy) is 4. The van der Waals surface area contributed by atoms with Crippen molar-refractivity contribution in [3.05, 3.63) is 48.0 Å². The van der Waals surface area contributed by atoms with Crippen molar-refractivity contribution in [2.75, 3.05) is 27.4 Å². The second kappa shape index (κ2) is 9.93. The summed E-state index contributed by atoms with van der Waals surface area (Å²) in [5, 5.41) is 3.94. The van der Waals surface area contributed by atoms with E-state index in [9.17, 15) is 4.79 Å². The minimum Gasteiger partial charge on any atom is -0.497 e. The monoisotopic (exact) mass is 358 g/mol. The van der Waals surface area contributed by atoms with Gasteiger partial charge in [-0.2, -0.15) is 5.10 Å². The van der Waals surface area contributed by atoms with Gasteiger partial charge in [-0.3, -0.25) is 4.79 Å². The summed E-state index contributed by atoms with van der Waals surface area (Å²) in [6.07, 6.45) is 1.50. The van der Waals surface area contributed by atoms with Crippen LogP contribution in [0.15, 0.2) is 47.6 Å². The summed E-state index contributed by atoms with van der Waals surface area (Å²) in [4.78, 5) is 11.8. The first-order valence-corrected chi connectivity index (χ1v) is 8.06. The van der Waals surface area contributed by atoms with E-state index in [-0.39, 0.29) is 12.5 Å². The molecule has 0 radical (unpaired) electrons. The van der Waals surface area contributed by atoms with E-state index in [1.807, 2.05) is 6.92 Å². The third kappa shape index (κ3) is 5.70. The van der Waals surface area contributed by atoms with Gasteiger partial charge in [-0.05, 0) is 49.4 Å². The zero-order chi connectivity index (χ0) is 18.8.